The molecule has 0 aliphatic carbocycles. The number of halogens is 1. The van der Waals surface area contributed by atoms with Gasteiger partial charge in [0.25, 0.3) is 0 Å². The molecule has 6 nitrogen and oxygen atoms in total. The van der Waals surface area contributed by atoms with Gasteiger partial charge < -0.3 is 4.52 Å². The number of rotatable bonds is 5. The Kier molecular flexibility index (Phi) is 5.20. The van der Waals surface area contributed by atoms with Crippen LogP contribution < -0.4 is 5.43 Å². The van der Waals surface area contributed by atoms with Crippen LogP contribution in [0.25, 0.3) is 11.4 Å². The number of carbonyl (C=O) groups excluding carboxylic acids is 1. The monoisotopic (exact) mass is 332 g/mol. The maximum absolute atomic E-state index is 13.6. The van der Waals surface area contributed by atoms with Crippen molar-refractivity contribution in [2.24, 2.45) is 0 Å². The van der Waals surface area contributed by atoms with Crippen LogP contribution in [0.15, 0.2) is 22.7 Å². The molecule has 1 aliphatic rings. The van der Waals surface area contributed by atoms with Gasteiger partial charge in [-0.2, -0.15) is 4.98 Å². The van der Waals surface area contributed by atoms with E-state index >= 15 is 0 Å². The van der Waals surface area contributed by atoms with Crippen LogP contribution in [0.1, 0.15) is 37.1 Å². The second-order valence-electron chi connectivity index (χ2n) is 6.06. The molecule has 1 N–H and O–H groups in total. The van der Waals surface area contributed by atoms with Crippen LogP contribution in [0.2, 0.25) is 0 Å². The standard InChI is InChI=1S/C17H21FN4O2/c1-12-5-6-13(11-14(12)18)17-19-16(24-21-17)8-7-15(23)20-22-9-3-2-4-10-22/h5-6,11H,2-4,7-10H2,1H3,(H,20,23). The van der Waals surface area contributed by atoms with Crippen molar-refractivity contribution in [2.75, 3.05) is 13.1 Å². The fourth-order valence-electron chi connectivity index (χ4n) is 2.66. The lowest BCUT2D eigenvalue weighted by atomic mass is 10.1. The molecule has 1 saturated heterocycles. The van der Waals surface area contributed by atoms with Crippen LogP contribution >= 0.6 is 0 Å². The van der Waals surface area contributed by atoms with Crippen molar-refractivity contribution in [1.29, 1.82) is 0 Å². The molecule has 0 spiro atoms. The molecule has 0 atom stereocenters. The summed E-state index contributed by atoms with van der Waals surface area (Å²) in [6.45, 7) is 3.49. The molecule has 0 radical (unpaired) electrons. The van der Waals surface area contributed by atoms with Gasteiger partial charge in [-0.1, -0.05) is 23.7 Å². The molecule has 2 heterocycles. The first-order chi connectivity index (χ1) is 11.6. The number of hydrazine groups is 1. The number of nitrogens with zero attached hydrogens (tertiary/aromatic N) is 3. The molecule has 1 aromatic heterocycles. The number of amides is 1. The van der Waals surface area contributed by atoms with Gasteiger partial charge in [0.2, 0.25) is 17.6 Å². The van der Waals surface area contributed by atoms with E-state index in [1.54, 1.807) is 19.1 Å². The molecule has 0 saturated carbocycles. The number of aryl methyl sites for hydroxylation is 2. The number of hydrogen-bond acceptors (Lipinski definition) is 5. The summed E-state index contributed by atoms with van der Waals surface area (Å²) in [4.78, 5) is 16.2. The molecule has 128 valence electrons. The van der Waals surface area contributed by atoms with Crippen LogP contribution in [0.3, 0.4) is 0 Å². The predicted molar refractivity (Wildman–Crippen MR) is 86.3 cm³/mol. The summed E-state index contributed by atoms with van der Waals surface area (Å²) >= 11 is 0. The summed E-state index contributed by atoms with van der Waals surface area (Å²) in [6, 6.07) is 4.80. The molecule has 2 aromatic rings. The third-order valence-electron chi connectivity index (χ3n) is 4.10. The van der Waals surface area contributed by atoms with E-state index in [0.717, 1.165) is 25.9 Å². The van der Waals surface area contributed by atoms with E-state index in [9.17, 15) is 9.18 Å². The van der Waals surface area contributed by atoms with Crippen molar-refractivity contribution >= 4 is 5.91 Å². The maximum Gasteiger partial charge on any atom is 0.234 e. The summed E-state index contributed by atoms with van der Waals surface area (Å²) in [6.07, 6.45) is 4.08. The topological polar surface area (TPSA) is 71.3 Å². The van der Waals surface area contributed by atoms with E-state index in [1.807, 2.05) is 5.01 Å². The first kappa shape index (κ1) is 16.6. The van der Waals surface area contributed by atoms with Crippen LogP contribution in [-0.2, 0) is 11.2 Å². The molecule has 1 amide bonds. The van der Waals surface area contributed by atoms with Gasteiger partial charge in [-0.3, -0.25) is 10.2 Å². The van der Waals surface area contributed by atoms with Crippen LogP contribution in [-0.4, -0.2) is 34.1 Å². The maximum atomic E-state index is 13.6. The summed E-state index contributed by atoms with van der Waals surface area (Å²) < 4.78 is 18.8. The molecule has 0 bridgehead atoms. The Balaban J connectivity index is 1.53. The van der Waals surface area contributed by atoms with Gasteiger partial charge in [0.1, 0.15) is 5.82 Å². The molecule has 1 fully saturated rings. The summed E-state index contributed by atoms with van der Waals surface area (Å²) in [5.41, 5.74) is 4.02. The Morgan fingerprint density at radius 2 is 2.12 bits per heavy atom. The third-order valence-corrected chi connectivity index (χ3v) is 4.10. The normalized spacial score (nSPS) is 15.4. The molecular weight excluding hydrogens is 311 g/mol. The third kappa shape index (κ3) is 4.17. The van der Waals surface area contributed by atoms with Gasteiger partial charge in [0.15, 0.2) is 0 Å². The quantitative estimate of drug-likeness (QED) is 0.911. The van der Waals surface area contributed by atoms with Crippen molar-refractivity contribution < 1.29 is 13.7 Å². The summed E-state index contributed by atoms with van der Waals surface area (Å²) in [7, 11) is 0. The lowest BCUT2D eigenvalue weighted by molar-refractivity contribution is -0.126. The highest BCUT2D eigenvalue weighted by Crippen LogP contribution is 2.19. The van der Waals surface area contributed by atoms with Crippen LogP contribution in [0.4, 0.5) is 4.39 Å². The highest BCUT2D eigenvalue weighted by molar-refractivity contribution is 5.75. The summed E-state index contributed by atoms with van der Waals surface area (Å²) in [5.74, 6) is 0.345. The van der Waals surface area contributed by atoms with Crippen molar-refractivity contribution in [3.05, 3.63) is 35.5 Å². The van der Waals surface area contributed by atoms with Gasteiger partial charge in [0.05, 0.1) is 0 Å². The number of carbonyl (C=O) groups is 1. The number of piperidine rings is 1. The minimum absolute atomic E-state index is 0.0574. The SMILES string of the molecule is Cc1ccc(-c2noc(CCC(=O)NN3CCCCC3)n2)cc1F. The smallest absolute Gasteiger partial charge is 0.234 e. The lowest BCUT2D eigenvalue weighted by Gasteiger charge is -2.26. The first-order valence-corrected chi connectivity index (χ1v) is 8.25. The van der Waals surface area contributed by atoms with E-state index in [-0.39, 0.29) is 18.1 Å². The van der Waals surface area contributed by atoms with Gasteiger partial charge in [0, 0.05) is 31.5 Å². The zero-order valence-corrected chi connectivity index (χ0v) is 13.7. The Bertz CT molecular complexity index is 710. The van der Waals surface area contributed by atoms with Crippen molar-refractivity contribution in [3.8, 4) is 11.4 Å². The average Bonchev–Trinajstić information content (AvgIpc) is 3.05. The average molecular weight is 332 g/mol. The first-order valence-electron chi connectivity index (χ1n) is 8.25. The molecule has 1 aliphatic heterocycles. The molecule has 3 rings (SSSR count). The fraction of sp³-hybridized carbons (Fsp3) is 0.471. The van der Waals surface area contributed by atoms with Crippen molar-refractivity contribution in [2.45, 2.75) is 39.0 Å². The van der Waals surface area contributed by atoms with E-state index < -0.39 is 0 Å². The Labute approximate surface area is 140 Å². The van der Waals surface area contributed by atoms with Crippen LogP contribution in [0, 0.1) is 12.7 Å². The predicted octanol–water partition coefficient (Wildman–Crippen LogP) is 2.63. The fourth-order valence-corrected chi connectivity index (χ4v) is 2.66. The number of aromatic nitrogens is 2. The van der Waals surface area contributed by atoms with Gasteiger partial charge >= 0.3 is 0 Å². The highest BCUT2D eigenvalue weighted by Gasteiger charge is 2.15. The molecule has 24 heavy (non-hydrogen) atoms. The zero-order valence-electron chi connectivity index (χ0n) is 13.7. The van der Waals surface area contributed by atoms with Gasteiger partial charge in [-0.25, -0.2) is 9.40 Å². The zero-order chi connectivity index (χ0) is 16.9. The van der Waals surface area contributed by atoms with E-state index in [2.05, 4.69) is 15.6 Å². The number of benzene rings is 1. The largest absolute Gasteiger partial charge is 0.339 e. The second-order valence-corrected chi connectivity index (χ2v) is 6.06. The number of hydrogen-bond donors (Lipinski definition) is 1. The van der Waals surface area contributed by atoms with E-state index in [4.69, 9.17) is 4.52 Å². The van der Waals surface area contributed by atoms with Crippen LogP contribution in [0.5, 0.6) is 0 Å². The van der Waals surface area contributed by atoms with Crippen molar-refractivity contribution in [1.82, 2.24) is 20.6 Å². The van der Waals surface area contributed by atoms with Crippen molar-refractivity contribution in [3.63, 3.8) is 0 Å². The Hall–Kier alpha value is -2.28. The highest BCUT2D eigenvalue weighted by atomic mass is 19.1. The second kappa shape index (κ2) is 7.53. The minimum atomic E-state index is -0.306. The lowest BCUT2D eigenvalue weighted by Crippen LogP contribution is -2.45. The Morgan fingerprint density at radius 3 is 2.88 bits per heavy atom. The minimum Gasteiger partial charge on any atom is -0.339 e. The molecule has 7 heteroatoms. The van der Waals surface area contributed by atoms with Gasteiger partial charge in [-0.15, -0.1) is 0 Å². The van der Waals surface area contributed by atoms with E-state index in [0.29, 0.717) is 29.3 Å². The molecule has 0 unspecified atom stereocenters. The van der Waals surface area contributed by atoms with Gasteiger partial charge in [-0.05, 0) is 31.4 Å². The Morgan fingerprint density at radius 1 is 1.33 bits per heavy atom. The summed E-state index contributed by atoms with van der Waals surface area (Å²) in [5, 5.41) is 5.81. The number of nitrogens with one attached hydrogen (secondary N) is 1. The molecule has 1 aromatic carbocycles. The van der Waals surface area contributed by atoms with E-state index in [1.165, 1.54) is 12.5 Å². The molecular formula is C17H21FN4O2.